The highest BCUT2D eigenvalue weighted by molar-refractivity contribution is 4.80. The van der Waals surface area contributed by atoms with Gasteiger partial charge in [-0.05, 0) is 31.6 Å². The summed E-state index contributed by atoms with van der Waals surface area (Å²) >= 11 is 0. The Morgan fingerprint density at radius 3 is 2.67 bits per heavy atom. The molecule has 0 spiro atoms. The van der Waals surface area contributed by atoms with Crippen LogP contribution in [0.5, 0.6) is 0 Å². The highest BCUT2D eigenvalue weighted by atomic mass is 16.5. The Balaban J connectivity index is 2.40. The van der Waals surface area contributed by atoms with E-state index in [0.29, 0.717) is 17.9 Å². The summed E-state index contributed by atoms with van der Waals surface area (Å²) in [5.74, 6) is 1.28. The molecule has 0 aliphatic carbocycles. The average molecular weight is 172 g/mol. The van der Waals surface area contributed by atoms with Gasteiger partial charge in [0, 0.05) is 0 Å². The van der Waals surface area contributed by atoms with Crippen LogP contribution in [0.25, 0.3) is 0 Å². The van der Waals surface area contributed by atoms with Gasteiger partial charge >= 0.3 is 0 Å². The molecule has 12 heavy (non-hydrogen) atoms. The first-order valence-electron chi connectivity index (χ1n) is 4.89. The zero-order chi connectivity index (χ0) is 9.14. The molecule has 1 fully saturated rings. The lowest BCUT2D eigenvalue weighted by atomic mass is 9.90. The second-order valence-corrected chi connectivity index (χ2v) is 4.29. The third-order valence-electron chi connectivity index (χ3n) is 2.52. The van der Waals surface area contributed by atoms with E-state index in [1.54, 1.807) is 0 Å². The summed E-state index contributed by atoms with van der Waals surface area (Å²) in [5.41, 5.74) is 0. The predicted molar refractivity (Wildman–Crippen MR) is 49.0 cm³/mol. The van der Waals surface area contributed by atoms with E-state index >= 15 is 0 Å². The van der Waals surface area contributed by atoms with Crippen LogP contribution in [0.1, 0.15) is 33.6 Å². The lowest BCUT2D eigenvalue weighted by Gasteiger charge is -2.17. The zero-order valence-electron chi connectivity index (χ0n) is 8.29. The van der Waals surface area contributed by atoms with Gasteiger partial charge in [0.1, 0.15) is 0 Å². The SMILES string of the molecule is CC(C)CC1CC(C)OC1CO. The van der Waals surface area contributed by atoms with Gasteiger partial charge in [-0.1, -0.05) is 13.8 Å². The van der Waals surface area contributed by atoms with Crippen molar-refractivity contribution in [3.63, 3.8) is 0 Å². The Labute approximate surface area is 74.9 Å². The molecule has 72 valence electrons. The number of aliphatic hydroxyl groups is 1. The molecule has 1 N–H and O–H groups in total. The third kappa shape index (κ3) is 2.46. The van der Waals surface area contributed by atoms with Gasteiger partial charge in [0.2, 0.25) is 0 Å². The van der Waals surface area contributed by atoms with Crippen molar-refractivity contribution in [2.24, 2.45) is 11.8 Å². The molecule has 1 aliphatic heterocycles. The van der Waals surface area contributed by atoms with E-state index in [9.17, 15) is 0 Å². The normalized spacial score (nSPS) is 36.2. The quantitative estimate of drug-likeness (QED) is 0.703. The minimum absolute atomic E-state index is 0.0994. The van der Waals surface area contributed by atoms with Crippen LogP contribution in [0, 0.1) is 11.8 Å². The van der Waals surface area contributed by atoms with Gasteiger partial charge in [0.15, 0.2) is 0 Å². The van der Waals surface area contributed by atoms with Crippen LogP contribution in [0.2, 0.25) is 0 Å². The first-order chi connectivity index (χ1) is 5.63. The molecular weight excluding hydrogens is 152 g/mol. The third-order valence-corrected chi connectivity index (χ3v) is 2.52. The smallest absolute Gasteiger partial charge is 0.0838 e. The van der Waals surface area contributed by atoms with Crippen molar-refractivity contribution in [2.75, 3.05) is 6.61 Å². The maximum atomic E-state index is 9.04. The van der Waals surface area contributed by atoms with Gasteiger partial charge in [-0.2, -0.15) is 0 Å². The van der Waals surface area contributed by atoms with E-state index in [0.717, 1.165) is 6.42 Å². The molecule has 0 radical (unpaired) electrons. The van der Waals surface area contributed by atoms with E-state index in [4.69, 9.17) is 9.84 Å². The van der Waals surface area contributed by atoms with Crippen LogP contribution < -0.4 is 0 Å². The Morgan fingerprint density at radius 1 is 1.50 bits per heavy atom. The molecule has 0 aromatic rings. The van der Waals surface area contributed by atoms with Crippen LogP contribution in [-0.2, 0) is 4.74 Å². The van der Waals surface area contributed by atoms with Gasteiger partial charge in [-0.3, -0.25) is 0 Å². The molecule has 1 saturated heterocycles. The molecule has 1 rings (SSSR count). The largest absolute Gasteiger partial charge is 0.394 e. The average Bonchev–Trinajstić information content (AvgIpc) is 2.29. The van der Waals surface area contributed by atoms with Gasteiger partial charge in [0.25, 0.3) is 0 Å². The number of ether oxygens (including phenoxy) is 1. The summed E-state index contributed by atoms with van der Waals surface area (Å²) in [6.07, 6.45) is 2.73. The molecule has 3 unspecified atom stereocenters. The van der Waals surface area contributed by atoms with Crippen LogP contribution in [0.4, 0.5) is 0 Å². The summed E-state index contributed by atoms with van der Waals surface area (Å²) in [6.45, 7) is 6.71. The van der Waals surface area contributed by atoms with E-state index in [1.807, 2.05) is 0 Å². The van der Waals surface area contributed by atoms with Crippen molar-refractivity contribution in [3.8, 4) is 0 Å². The lowest BCUT2D eigenvalue weighted by molar-refractivity contribution is 0.00417. The topological polar surface area (TPSA) is 29.5 Å². The highest BCUT2D eigenvalue weighted by Crippen LogP contribution is 2.30. The molecule has 2 heteroatoms. The van der Waals surface area contributed by atoms with Crippen molar-refractivity contribution in [1.82, 2.24) is 0 Å². The van der Waals surface area contributed by atoms with Gasteiger partial charge in [0.05, 0.1) is 18.8 Å². The van der Waals surface area contributed by atoms with Crippen LogP contribution in [-0.4, -0.2) is 23.9 Å². The zero-order valence-corrected chi connectivity index (χ0v) is 8.29. The Hall–Kier alpha value is -0.0800. The summed E-state index contributed by atoms with van der Waals surface area (Å²) in [5, 5.41) is 9.04. The molecule has 3 atom stereocenters. The number of rotatable bonds is 3. The summed E-state index contributed by atoms with van der Waals surface area (Å²) < 4.78 is 5.57. The van der Waals surface area contributed by atoms with Crippen molar-refractivity contribution in [2.45, 2.75) is 45.8 Å². The molecular formula is C10H20O2. The molecule has 1 aliphatic rings. The molecule has 0 bridgehead atoms. The van der Waals surface area contributed by atoms with Crippen LogP contribution >= 0.6 is 0 Å². The maximum Gasteiger partial charge on any atom is 0.0838 e. The van der Waals surface area contributed by atoms with E-state index in [1.165, 1.54) is 6.42 Å². The van der Waals surface area contributed by atoms with E-state index in [-0.39, 0.29) is 12.7 Å². The molecule has 0 aromatic carbocycles. The Kier molecular flexibility index (Phi) is 3.53. The summed E-state index contributed by atoms with van der Waals surface area (Å²) in [6, 6.07) is 0. The maximum absolute atomic E-state index is 9.04. The molecule has 0 saturated carbocycles. The van der Waals surface area contributed by atoms with Crippen LogP contribution in [0.15, 0.2) is 0 Å². The van der Waals surface area contributed by atoms with Gasteiger partial charge < -0.3 is 9.84 Å². The highest BCUT2D eigenvalue weighted by Gasteiger charge is 2.32. The second-order valence-electron chi connectivity index (χ2n) is 4.29. The molecule has 0 amide bonds. The Bertz CT molecular complexity index is 134. The van der Waals surface area contributed by atoms with Crippen molar-refractivity contribution in [3.05, 3.63) is 0 Å². The minimum Gasteiger partial charge on any atom is -0.394 e. The molecule has 0 aromatic heterocycles. The van der Waals surface area contributed by atoms with Crippen LogP contribution in [0.3, 0.4) is 0 Å². The summed E-state index contributed by atoms with van der Waals surface area (Å²) in [7, 11) is 0. The molecule has 2 nitrogen and oxygen atoms in total. The van der Waals surface area contributed by atoms with E-state index < -0.39 is 0 Å². The van der Waals surface area contributed by atoms with Gasteiger partial charge in [-0.25, -0.2) is 0 Å². The lowest BCUT2D eigenvalue weighted by Crippen LogP contribution is -2.21. The van der Waals surface area contributed by atoms with E-state index in [2.05, 4.69) is 20.8 Å². The number of hydrogen-bond acceptors (Lipinski definition) is 2. The van der Waals surface area contributed by atoms with Crippen molar-refractivity contribution < 1.29 is 9.84 Å². The fraction of sp³-hybridized carbons (Fsp3) is 1.00. The monoisotopic (exact) mass is 172 g/mol. The van der Waals surface area contributed by atoms with Gasteiger partial charge in [-0.15, -0.1) is 0 Å². The summed E-state index contributed by atoms with van der Waals surface area (Å²) in [4.78, 5) is 0. The molecule has 1 heterocycles. The predicted octanol–water partition coefficient (Wildman–Crippen LogP) is 1.82. The second kappa shape index (κ2) is 4.24. The fourth-order valence-corrected chi connectivity index (χ4v) is 2.09. The van der Waals surface area contributed by atoms with Crippen molar-refractivity contribution >= 4 is 0 Å². The Morgan fingerprint density at radius 2 is 2.17 bits per heavy atom. The standard InChI is InChI=1S/C10H20O2/c1-7(2)4-9-5-8(3)12-10(9)6-11/h7-11H,4-6H2,1-3H3. The number of hydrogen-bond donors (Lipinski definition) is 1. The first kappa shape index (κ1) is 10.0. The number of aliphatic hydroxyl groups excluding tert-OH is 1. The minimum atomic E-state index is 0.0994. The first-order valence-corrected chi connectivity index (χ1v) is 4.89. The fourth-order valence-electron chi connectivity index (χ4n) is 2.09. The van der Waals surface area contributed by atoms with Crippen molar-refractivity contribution in [1.29, 1.82) is 0 Å².